The predicted molar refractivity (Wildman–Crippen MR) is 108 cm³/mol. The van der Waals surface area contributed by atoms with E-state index in [9.17, 15) is 9.59 Å². The maximum atomic E-state index is 12.7. The monoisotopic (exact) mass is 405 g/mol. The number of carbonyl (C=O) groups is 2. The molecule has 0 saturated heterocycles. The molecule has 1 amide bonds. The number of aromatic nitrogens is 2. The van der Waals surface area contributed by atoms with Crippen molar-refractivity contribution >= 4 is 23.5 Å². The molecule has 2 heterocycles. The zero-order valence-corrected chi connectivity index (χ0v) is 16.3. The lowest BCUT2D eigenvalue weighted by Gasteiger charge is -2.14. The quantitative estimate of drug-likeness (QED) is 0.484. The Morgan fingerprint density at radius 2 is 2.00 bits per heavy atom. The molecule has 3 aromatic rings. The standard InChI is InChI=1S/C22H16ClN3O3/c1-25-13-19-17(10-6-12-29-22(28)15-7-3-2-4-8-15)24-14-26(19)18-11-5-9-16(23)20(18)21(25)27/h2-5,7-9,11,14H,12-13H2,1H3. The number of hydrogen-bond donors (Lipinski definition) is 0. The SMILES string of the molecule is CN1Cc2c(C#CCOC(=O)c3ccccc3)ncn2-c2cccc(Cl)c2C1=O. The van der Waals surface area contributed by atoms with Crippen LogP contribution in [0, 0.1) is 11.8 Å². The van der Waals surface area contributed by atoms with Crippen LogP contribution in [0.2, 0.25) is 5.02 Å². The van der Waals surface area contributed by atoms with Gasteiger partial charge in [0, 0.05) is 7.05 Å². The lowest BCUT2D eigenvalue weighted by molar-refractivity contribution is 0.0556. The van der Waals surface area contributed by atoms with Crippen LogP contribution in [0.3, 0.4) is 0 Å². The molecule has 1 aliphatic rings. The molecule has 2 aromatic carbocycles. The Labute approximate surface area is 172 Å². The molecule has 4 rings (SSSR count). The van der Waals surface area contributed by atoms with Crippen molar-refractivity contribution in [1.29, 1.82) is 0 Å². The maximum Gasteiger partial charge on any atom is 0.339 e. The van der Waals surface area contributed by atoms with E-state index >= 15 is 0 Å². The first-order chi connectivity index (χ1) is 14.1. The highest BCUT2D eigenvalue weighted by Crippen LogP contribution is 2.30. The Balaban J connectivity index is 1.58. The van der Waals surface area contributed by atoms with Crippen LogP contribution in [0.1, 0.15) is 32.1 Å². The van der Waals surface area contributed by atoms with E-state index in [0.29, 0.717) is 34.1 Å². The second kappa shape index (κ2) is 7.82. The van der Waals surface area contributed by atoms with Crippen LogP contribution >= 0.6 is 11.6 Å². The topological polar surface area (TPSA) is 64.4 Å². The van der Waals surface area contributed by atoms with Gasteiger partial charge in [0.25, 0.3) is 5.91 Å². The van der Waals surface area contributed by atoms with E-state index in [1.54, 1.807) is 54.7 Å². The first-order valence-corrected chi connectivity index (χ1v) is 9.25. The minimum atomic E-state index is -0.433. The van der Waals surface area contributed by atoms with Crippen LogP contribution in [0.15, 0.2) is 54.9 Å². The van der Waals surface area contributed by atoms with E-state index in [4.69, 9.17) is 16.3 Å². The van der Waals surface area contributed by atoms with Gasteiger partial charge in [-0.05, 0) is 30.2 Å². The highest BCUT2D eigenvalue weighted by atomic mass is 35.5. The van der Waals surface area contributed by atoms with Crippen molar-refractivity contribution in [3.05, 3.63) is 82.4 Å². The summed E-state index contributed by atoms with van der Waals surface area (Å²) in [6, 6.07) is 14.0. The smallest absolute Gasteiger partial charge is 0.339 e. The van der Waals surface area contributed by atoms with Gasteiger partial charge in [-0.25, -0.2) is 9.78 Å². The van der Waals surface area contributed by atoms with Gasteiger partial charge in [0.15, 0.2) is 6.61 Å². The van der Waals surface area contributed by atoms with E-state index in [1.165, 1.54) is 0 Å². The number of carbonyl (C=O) groups excluding carboxylic acids is 2. The molecule has 1 aliphatic heterocycles. The number of hydrogen-bond acceptors (Lipinski definition) is 4. The largest absolute Gasteiger partial charge is 0.449 e. The summed E-state index contributed by atoms with van der Waals surface area (Å²) >= 11 is 6.27. The molecule has 144 valence electrons. The summed E-state index contributed by atoms with van der Waals surface area (Å²) in [5.74, 6) is 5.17. The second-order valence-electron chi connectivity index (χ2n) is 6.45. The molecule has 0 spiro atoms. The van der Waals surface area contributed by atoms with E-state index < -0.39 is 5.97 Å². The summed E-state index contributed by atoms with van der Waals surface area (Å²) in [6.45, 7) is 0.273. The fraction of sp³-hybridized carbons (Fsp3) is 0.136. The van der Waals surface area contributed by atoms with Crippen LogP contribution in [-0.2, 0) is 11.3 Å². The number of ether oxygens (including phenoxy) is 1. The third-order valence-corrected chi connectivity index (χ3v) is 4.87. The summed E-state index contributed by atoms with van der Waals surface area (Å²) in [6.07, 6.45) is 1.62. The van der Waals surface area contributed by atoms with Gasteiger partial charge in [-0.15, -0.1) is 0 Å². The lowest BCUT2D eigenvalue weighted by atomic mass is 10.1. The van der Waals surface area contributed by atoms with E-state index in [0.717, 1.165) is 5.69 Å². The minimum absolute atomic E-state index is 0.0583. The molecule has 6 nitrogen and oxygen atoms in total. The van der Waals surface area contributed by atoms with Gasteiger partial charge in [0.05, 0.1) is 34.1 Å². The summed E-state index contributed by atoms with van der Waals surface area (Å²) in [4.78, 5) is 30.6. The molecule has 0 fully saturated rings. The van der Waals surface area contributed by atoms with Crippen molar-refractivity contribution in [2.45, 2.75) is 6.54 Å². The lowest BCUT2D eigenvalue weighted by Crippen LogP contribution is -2.25. The van der Waals surface area contributed by atoms with Gasteiger partial charge in [0.1, 0.15) is 12.0 Å². The predicted octanol–water partition coefficient (Wildman–Crippen LogP) is 3.32. The van der Waals surface area contributed by atoms with Crippen LogP contribution in [0.5, 0.6) is 0 Å². The normalized spacial score (nSPS) is 12.3. The van der Waals surface area contributed by atoms with Crippen LogP contribution < -0.4 is 0 Å². The number of imidazole rings is 1. The molecular formula is C22H16ClN3O3. The number of esters is 1. The molecule has 0 unspecified atom stereocenters. The van der Waals surface area contributed by atoms with Crippen molar-refractivity contribution in [2.75, 3.05) is 13.7 Å². The summed E-state index contributed by atoms with van der Waals surface area (Å²) < 4.78 is 7.00. The van der Waals surface area contributed by atoms with Crippen molar-refractivity contribution in [2.24, 2.45) is 0 Å². The Hall–Kier alpha value is -3.56. The fourth-order valence-electron chi connectivity index (χ4n) is 3.13. The number of rotatable bonds is 2. The Morgan fingerprint density at radius 3 is 2.79 bits per heavy atom. The van der Waals surface area contributed by atoms with Crippen molar-refractivity contribution in [3.8, 4) is 17.5 Å². The van der Waals surface area contributed by atoms with Crippen molar-refractivity contribution in [3.63, 3.8) is 0 Å². The molecule has 0 atom stereocenters. The Kier molecular flexibility index (Phi) is 5.07. The second-order valence-corrected chi connectivity index (χ2v) is 6.86. The summed E-state index contributed by atoms with van der Waals surface area (Å²) in [5, 5.41) is 0.390. The highest BCUT2D eigenvalue weighted by Gasteiger charge is 2.27. The molecule has 0 N–H and O–H groups in total. The molecule has 1 aromatic heterocycles. The third-order valence-electron chi connectivity index (χ3n) is 4.56. The Bertz CT molecular complexity index is 1160. The zero-order chi connectivity index (χ0) is 20.4. The van der Waals surface area contributed by atoms with E-state index in [2.05, 4.69) is 16.8 Å². The molecule has 0 saturated carbocycles. The average molecular weight is 406 g/mol. The minimum Gasteiger partial charge on any atom is -0.449 e. The van der Waals surface area contributed by atoms with Crippen molar-refractivity contribution < 1.29 is 14.3 Å². The number of amides is 1. The van der Waals surface area contributed by atoms with Gasteiger partial charge in [-0.1, -0.05) is 41.8 Å². The number of fused-ring (bicyclic) bond motifs is 3. The molecule has 0 bridgehead atoms. The first kappa shape index (κ1) is 18.8. The van der Waals surface area contributed by atoms with Crippen LogP contribution in [0.25, 0.3) is 5.69 Å². The van der Waals surface area contributed by atoms with E-state index in [1.807, 2.05) is 16.7 Å². The fourth-order valence-corrected chi connectivity index (χ4v) is 3.38. The number of halogens is 1. The van der Waals surface area contributed by atoms with E-state index in [-0.39, 0.29) is 12.5 Å². The summed E-state index contributed by atoms with van der Waals surface area (Å²) in [5.41, 5.74) is 2.86. The molecule has 0 radical (unpaired) electrons. The molecule has 29 heavy (non-hydrogen) atoms. The number of nitrogens with zero attached hydrogens (tertiary/aromatic N) is 3. The third kappa shape index (κ3) is 3.60. The van der Waals surface area contributed by atoms with Crippen molar-refractivity contribution in [1.82, 2.24) is 14.5 Å². The van der Waals surface area contributed by atoms with Gasteiger partial charge in [-0.3, -0.25) is 9.36 Å². The Morgan fingerprint density at radius 1 is 1.21 bits per heavy atom. The van der Waals surface area contributed by atoms with Gasteiger partial charge < -0.3 is 9.64 Å². The zero-order valence-electron chi connectivity index (χ0n) is 15.6. The first-order valence-electron chi connectivity index (χ1n) is 8.88. The number of benzene rings is 2. The van der Waals surface area contributed by atoms with Crippen LogP contribution in [0.4, 0.5) is 0 Å². The average Bonchev–Trinajstić information content (AvgIpc) is 3.08. The van der Waals surface area contributed by atoms with Gasteiger partial charge in [-0.2, -0.15) is 0 Å². The molecular weight excluding hydrogens is 390 g/mol. The highest BCUT2D eigenvalue weighted by molar-refractivity contribution is 6.34. The maximum absolute atomic E-state index is 12.7. The molecule has 7 heteroatoms. The molecule has 0 aliphatic carbocycles. The van der Waals surface area contributed by atoms with Gasteiger partial charge >= 0.3 is 5.97 Å². The summed E-state index contributed by atoms with van der Waals surface area (Å²) in [7, 11) is 1.71. The van der Waals surface area contributed by atoms with Gasteiger partial charge in [0.2, 0.25) is 0 Å². The van der Waals surface area contributed by atoms with Crippen LogP contribution in [-0.4, -0.2) is 40.0 Å².